The van der Waals surface area contributed by atoms with Crippen LogP contribution in [0.3, 0.4) is 0 Å². The average Bonchev–Trinajstić information content (AvgIpc) is 3.07. The molecular weight excluding hydrogens is 340 g/mol. The van der Waals surface area contributed by atoms with Gasteiger partial charge in [0.2, 0.25) is 0 Å². The van der Waals surface area contributed by atoms with E-state index >= 15 is 0 Å². The molecule has 1 amide bonds. The SMILES string of the molecule is N#Cc1cccc(S(=O)(=O)NC(=O)COc2ccc3c(c2)CCC3)c1. The number of nitriles is 1. The molecule has 2 aromatic carbocycles. The number of nitrogens with zero attached hydrogens (tertiary/aromatic N) is 1. The number of aryl methyl sites for hydroxylation is 2. The summed E-state index contributed by atoms with van der Waals surface area (Å²) in [5, 5.41) is 8.83. The minimum Gasteiger partial charge on any atom is -0.484 e. The van der Waals surface area contributed by atoms with Crippen molar-refractivity contribution in [3.8, 4) is 11.8 Å². The average molecular weight is 356 g/mol. The third kappa shape index (κ3) is 3.98. The van der Waals surface area contributed by atoms with Gasteiger partial charge in [-0.2, -0.15) is 5.26 Å². The summed E-state index contributed by atoms with van der Waals surface area (Å²) in [7, 11) is -4.04. The number of nitrogens with one attached hydrogen (secondary N) is 1. The van der Waals surface area contributed by atoms with Crippen LogP contribution in [0.15, 0.2) is 47.4 Å². The molecule has 1 aliphatic carbocycles. The second-order valence-electron chi connectivity index (χ2n) is 5.74. The molecule has 3 rings (SSSR count). The van der Waals surface area contributed by atoms with E-state index in [0.29, 0.717) is 5.75 Å². The molecule has 0 atom stereocenters. The lowest BCUT2D eigenvalue weighted by Gasteiger charge is -2.09. The monoisotopic (exact) mass is 356 g/mol. The van der Waals surface area contributed by atoms with E-state index in [1.165, 1.54) is 35.4 Å². The molecule has 128 valence electrons. The number of hydrogen-bond acceptors (Lipinski definition) is 5. The van der Waals surface area contributed by atoms with Crippen LogP contribution in [0.4, 0.5) is 0 Å². The van der Waals surface area contributed by atoms with Crippen LogP contribution in [-0.2, 0) is 27.7 Å². The molecule has 0 spiro atoms. The number of carbonyl (C=O) groups excluding carboxylic acids is 1. The summed E-state index contributed by atoms with van der Waals surface area (Å²) < 4.78 is 31.7. The predicted molar refractivity (Wildman–Crippen MR) is 90.4 cm³/mol. The Kier molecular flexibility index (Phi) is 4.72. The van der Waals surface area contributed by atoms with Gasteiger partial charge in [0, 0.05) is 0 Å². The van der Waals surface area contributed by atoms with Crippen LogP contribution in [0.25, 0.3) is 0 Å². The number of sulfonamides is 1. The summed E-state index contributed by atoms with van der Waals surface area (Å²) in [6, 6.07) is 12.9. The lowest BCUT2D eigenvalue weighted by Crippen LogP contribution is -2.34. The van der Waals surface area contributed by atoms with Gasteiger partial charge >= 0.3 is 0 Å². The molecule has 0 bridgehead atoms. The zero-order valence-electron chi connectivity index (χ0n) is 13.4. The molecule has 1 N–H and O–H groups in total. The highest BCUT2D eigenvalue weighted by molar-refractivity contribution is 7.90. The Morgan fingerprint density at radius 3 is 2.76 bits per heavy atom. The molecule has 2 aromatic rings. The molecule has 0 saturated heterocycles. The molecule has 0 aliphatic heterocycles. The smallest absolute Gasteiger partial charge is 0.271 e. The number of rotatable bonds is 5. The number of benzene rings is 2. The predicted octanol–water partition coefficient (Wildman–Crippen LogP) is 1.93. The molecular formula is C18H16N2O4S. The van der Waals surface area contributed by atoms with E-state index in [0.717, 1.165) is 19.3 Å². The molecule has 0 heterocycles. The zero-order chi connectivity index (χ0) is 17.9. The number of carbonyl (C=O) groups is 1. The topological polar surface area (TPSA) is 96.3 Å². The molecule has 0 unspecified atom stereocenters. The molecule has 7 heteroatoms. The Bertz CT molecular complexity index is 961. The second-order valence-corrected chi connectivity index (χ2v) is 7.42. The van der Waals surface area contributed by atoms with Crippen molar-refractivity contribution >= 4 is 15.9 Å². The molecule has 0 fully saturated rings. The van der Waals surface area contributed by atoms with Crippen molar-refractivity contribution in [3.63, 3.8) is 0 Å². The Balaban J connectivity index is 1.63. The van der Waals surface area contributed by atoms with E-state index < -0.39 is 22.5 Å². The van der Waals surface area contributed by atoms with E-state index in [1.807, 2.05) is 22.9 Å². The number of fused-ring (bicyclic) bond motifs is 1. The van der Waals surface area contributed by atoms with Gasteiger partial charge in [0.1, 0.15) is 5.75 Å². The van der Waals surface area contributed by atoms with Crippen LogP contribution in [0.5, 0.6) is 5.75 Å². The van der Waals surface area contributed by atoms with Gasteiger partial charge in [-0.1, -0.05) is 12.1 Å². The van der Waals surface area contributed by atoms with Gasteiger partial charge in [0.15, 0.2) is 6.61 Å². The molecule has 0 radical (unpaired) electrons. The maximum absolute atomic E-state index is 12.2. The summed E-state index contributed by atoms with van der Waals surface area (Å²) in [6.45, 7) is -0.407. The quantitative estimate of drug-likeness (QED) is 0.883. The van der Waals surface area contributed by atoms with Crippen LogP contribution < -0.4 is 9.46 Å². The molecule has 0 aromatic heterocycles. The largest absolute Gasteiger partial charge is 0.484 e. The van der Waals surface area contributed by atoms with E-state index in [1.54, 1.807) is 6.07 Å². The van der Waals surface area contributed by atoms with Crippen LogP contribution in [0.2, 0.25) is 0 Å². The fraction of sp³-hybridized carbons (Fsp3) is 0.222. The van der Waals surface area contributed by atoms with Crippen LogP contribution >= 0.6 is 0 Å². The standard InChI is InChI=1S/C18H16N2O4S/c19-11-13-3-1-6-17(9-13)25(22,23)20-18(21)12-24-16-8-7-14-4-2-5-15(14)10-16/h1,3,6-10H,2,4-5,12H2,(H,20,21). The molecule has 25 heavy (non-hydrogen) atoms. The van der Waals surface area contributed by atoms with E-state index in [4.69, 9.17) is 10.00 Å². The maximum Gasteiger partial charge on any atom is 0.271 e. The van der Waals surface area contributed by atoms with E-state index in [-0.39, 0.29) is 10.5 Å². The number of amides is 1. The zero-order valence-corrected chi connectivity index (χ0v) is 14.2. The van der Waals surface area contributed by atoms with Gasteiger partial charge in [-0.3, -0.25) is 4.79 Å². The van der Waals surface area contributed by atoms with Crippen molar-refractivity contribution in [1.82, 2.24) is 4.72 Å². The van der Waals surface area contributed by atoms with Crippen LogP contribution in [0, 0.1) is 11.3 Å². The van der Waals surface area contributed by atoms with Crippen LogP contribution in [-0.4, -0.2) is 20.9 Å². The van der Waals surface area contributed by atoms with E-state index in [2.05, 4.69) is 0 Å². The maximum atomic E-state index is 12.2. The fourth-order valence-electron chi connectivity index (χ4n) is 2.76. The second kappa shape index (κ2) is 6.95. The fourth-order valence-corrected chi connectivity index (χ4v) is 3.77. The highest BCUT2D eigenvalue weighted by atomic mass is 32.2. The van der Waals surface area contributed by atoms with Crippen molar-refractivity contribution < 1.29 is 17.9 Å². The van der Waals surface area contributed by atoms with Crippen molar-refractivity contribution in [1.29, 1.82) is 5.26 Å². The Labute approximate surface area is 146 Å². The molecule has 1 aliphatic rings. The number of hydrogen-bond donors (Lipinski definition) is 1. The summed E-state index contributed by atoms with van der Waals surface area (Å²) in [4.78, 5) is 11.8. The Morgan fingerprint density at radius 2 is 1.96 bits per heavy atom. The normalized spacial score (nSPS) is 12.9. The Hall–Kier alpha value is -2.85. The minimum absolute atomic E-state index is 0.141. The first-order valence-electron chi connectivity index (χ1n) is 7.78. The van der Waals surface area contributed by atoms with Gasteiger partial charge in [-0.15, -0.1) is 0 Å². The van der Waals surface area contributed by atoms with Crippen molar-refractivity contribution in [3.05, 3.63) is 59.2 Å². The summed E-state index contributed by atoms with van der Waals surface area (Å²) in [5.41, 5.74) is 2.69. The highest BCUT2D eigenvalue weighted by Crippen LogP contribution is 2.25. The third-order valence-electron chi connectivity index (χ3n) is 3.96. The lowest BCUT2D eigenvalue weighted by atomic mass is 10.1. The summed E-state index contributed by atoms with van der Waals surface area (Å²) in [5.74, 6) is -0.234. The van der Waals surface area contributed by atoms with Gasteiger partial charge in [0.25, 0.3) is 15.9 Å². The van der Waals surface area contributed by atoms with Gasteiger partial charge < -0.3 is 4.74 Å². The van der Waals surface area contributed by atoms with Gasteiger partial charge in [-0.25, -0.2) is 13.1 Å². The van der Waals surface area contributed by atoms with Gasteiger partial charge in [0.05, 0.1) is 16.5 Å². The van der Waals surface area contributed by atoms with Crippen molar-refractivity contribution in [2.24, 2.45) is 0 Å². The summed E-state index contributed by atoms with van der Waals surface area (Å²) >= 11 is 0. The van der Waals surface area contributed by atoms with E-state index in [9.17, 15) is 13.2 Å². The minimum atomic E-state index is -4.04. The van der Waals surface area contributed by atoms with Crippen LogP contribution in [0.1, 0.15) is 23.1 Å². The lowest BCUT2D eigenvalue weighted by molar-refractivity contribution is -0.121. The van der Waals surface area contributed by atoms with Gasteiger partial charge in [-0.05, 0) is 60.7 Å². The highest BCUT2D eigenvalue weighted by Gasteiger charge is 2.19. The first-order chi connectivity index (χ1) is 12.0. The summed E-state index contributed by atoms with van der Waals surface area (Å²) in [6.07, 6.45) is 3.15. The van der Waals surface area contributed by atoms with Crippen molar-refractivity contribution in [2.45, 2.75) is 24.2 Å². The molecule has 6 nitrogen and oxygen atoms in total. The third-order valence-corrected chi connectivity index (χ3v) is 5.33. The first kappa shape index (κ1) is 17.0. The van der Waals surface area contributed by atoms with Crippen molar-refractivity contribution in [2.75, 3.05) is 6.61 Å². The molecule has 0 saturated carbocycles. The first-order valence-corrected chi connectivity index (χ1v) is 9.27. The number of ether oxygens (including phenoxy) is 1. The Morgan fingerprint density at radius 1 is 1.16 bits per heavy atom.